The third kappa shape index (κ3) is 4.71. The smallest absolute Gasteiger partial charge is 0.246 e. The van der Waals surface area contributed by atoms with E-state index in [9.17, 15) is 9.59 Å². The van der Waals surface area contributed by atoms with Crippen molar-refractivity contribution in [1.29, 1.82) is 0 Å². The van der Waals surface area contributed by atoms with Crippen LogP contribution in [0.4, 0.5) is 22.7 Å². The maximum absolute atomic E-state index is 12.8. The number of rotatable bonds is 4. The van der Waals surface area contributed by atoms with E-state index in [0.717, 1.165) is 36.3 Å². The number of hydrogen-bond acceptors (Lipinski definition) is 4. The van der Waals surface area contributed by atoms with Gasteiger partial charge in [-0.2, -0.15) is 0 Å². The van der Waals surface area contributed by atoms with Crippen LogP contribution in [-0.4, -0.2) is 24.4 Å². The highest BCUT2D eigenvalue weighted by molar-refractivity contribution is 5.98. The van der Waals surface area contributed by atoms with Gasteiger partial charge in [0, 0.05) is 36.2 Å². The minimum absolute atomic E-state index is 0. The van der Waals surface area contributed by atoms with E-state index >= 15 is 0 Å². The van der Waals surface area contributed by atoms with E-state index in [4.69, 9.17) is 5.73 Å². The van der Waals surface area contributed by atoms with E-state index < -0.39 is 0 Å². The lowest BCUT2D eigenvalue weighted by atomic mass is 9.98. The van der Waals surface area contributed by atoms with Crippen molar-refractivity contribution in [3.05, 3.63) is 48.0 Å². The molecule has 0 bridgehead atoms. The van der Waals surface area contributed by atoms with Gasteiger partial charge in [-0.1, -0.05) is 12.1 Å². The van der Waals surface area contributed by atoms with Gasteiger partial charge < -0.3 is 21.3 Å². The molecule has 1 aliphatic rings. The average Bonchev–Trinajstić information content (AvgIpc) is 2.61. The lowest BCUT2D eigenvalue weighted by Gasteiger charge is -2.36. The van der Waals surface area contributed by atoms with Crippen molar-refractivity contribution in [2.45, 2.75) is 32.7 Å². The summed E-state index contributed by atoms with van der Waals surface area (Å²) in [6, 6.07) is 12.6. The number of benzene rings is 2. The van der Waals surface area contributed by atoms with Gasteiger partial charge in [0.1, 0.15) is 6.04 Å². The van der Waals surface area contributed by atoms with Crippen molar-refractivity contribution in [2.24, 2.45) is 0 Å². The van der Waals surface area contributed by atoms with E-state index in [-0.39, 0.29) is 30.3 Å². The van der Waals surface area contributed by atoms with E-state index in [1.165, 1.54) is 6.92 Å². The molecular formula is C20H25ClN4O2. The number of halogens is 1. The topological polar surface area (TPSA) is 87.5 Å². The summed E-state index contributed by atoms with van der Waals surface area (Å²) in [6.45, 7) is 4.16. The van der Waals surface area contributed by atoms with Crippen molar-refractivity contribution < 1.29 is 9.59 Å². The van der Waals surface area contributed by atoms with Crippen LogP contribution in [0.2, 0.25) is 0 Å². The number of carbonyl (C=O) groups excluding carboxylic acids is 2. The van der Waals surface area contributed by atoms with Gasteiger partial charge >= 0.3 is 0 Å². The number of nitrogens with one attached hydrogen (secondary N) is 2. The van der Waals surface area contributed by atoms with E-state index in [1.54, 1.807) is 24.3 Å². The summed E-state index contributed by atoms with van der Waals surface area (Å²) in [4.78, 5) is 26.1. The summed E-state index contributed by atoms with van der Waals surface area (Å²) >= 11 is 0. The molecule has 0 radical (unpaired) electrons. The number of carbonyl (C=O) groups is 2. The van der Waals surface area contributed by atoms with Gasteiger partial charge in [-0.05, 0) is 55.7 Å². The third-order valence-electron chi connectivity index (χ3n) is 4.62. The SMILES string of the molecule is CC(=O)Nc1cccc(NC(=O)C(C)N2CCCc3c(N)cccc32)c1.Cl. The van der Waals surface area contributed by atoms with Crippen LogP contribution in [0.3, 0.4) is 0 Å². The molecule has 0 aliphatic carbocycles. The number of nitrogens with two attached hydrogens (primary N) is 1. The first-order chi connectivity index (χ1) is 12.5. The molecule has 2 amide bonds. The molecule has 2 aromatic carbocycles. The Morgan fingerprint density at radius 3 is 2.48 bits per heavy atom. The Hall–Kier alpha value is -2.73. The van der Waals surface area contributed by atoms with Crippen LogP contribution < -0.4 is 21.3 Å². The summed E-state index contributed by atoms with van der Waals surface area (Å²) in [5.41, 5.74) is 10.3. The van der Waals surface area contributed by atoms with Gasteiger partial charge in [0.05, 0.1) is 0 Å². The quantitative estimate of drug-likeness (QED) is 0.700. The molecular weight excluding hydrogens is 364 g/mol. The second kappa shape index (κ2) is 8.77. The van der Waals surface area contributed by atoms with Crippen LogP contribution in [0.1, 0.15) is 25.8 Å². The van der Waals surface area contributed by atoms with Crippen molar-refractivity contribution in [3.63, 3.8) is 0 Å². The Labute approximate surface area is 165 Å². The molecule has 144 valence electrons. The fourth-order valence-corrected chi connectivity index (χ4v) is 3.35. The first-order valence-electron chi connectivity index (χ1n) is 8.78. The second-order valence-corrected chi connectivity index (χ2v) is 6.57. The number of hydrogen-bond donors (Lipinski definition) is 3. The molecule has 0 saturated heterocycles. The summed E-state index contributed by atoms with van der Waals surface area (Å²) in [7, 11) is 0. The van der Waals surface area contributed by atoms with Gasteiger partial charge in [-0.25, -0.2) is 0 Å². The minimum Gasteiger partial charge on any atom is -0.398 e. The zero-order valence-corrected chi connectivity index (χ0v) is 16.3. The van der Waals surface area contributed by atoms with Crippen molar-refractivity contribution >= 4 is 47.0 Å². The first-order valence-corrected chi connectivity index (χ1v) is 8.78. The first kappa shape index (κ1) is 20.6. The normalized spacial score (nSPS) is 13.8. The molecule has 1 heterocycles. The molecule has 2 aromatic rings. The maximum Gasteiger partial charge on any atom is 0.246 e. The number of fused-ring (bicyclic) bond motifs is 1. The average molecular weight is 389 g/mol. The second-order valence-electron chi connectivity index (χ2n) is 6.57. The lowest BCUT2D eigenvalue weighted by Crippen LogP contribution is -2.44. The van der Waals surface area contributed by atoms with E-state index in [1.807, 2.05) is 25.1 Å². The van der Waals surface area contributed by atoms with Gasteiger partial charge in [0.2, 0.25) is 11.8 Å². The van der Waals surface area contributed by atoms with Crippen molar-refractivity contribution in [1.82, 2.24) is 0 Å². The minimum atomic E-state index is -0.333. The third-order valence-corrected chi connectivity index (χ3v) is 4.62. The van der Waals surface area contributed by atoms with E-state index in [0.29, 0.717) is 11.4 Å². The number of anilines is 4. The van der Waals surface area contributed by atoms with Gasteiger partial charge in [0.15, 0.2) is 0 Å². The fourth-order valence-electron chi connectivity index (χ4n) is 3.35. The fraction of sp³-hybridized carbons (Fsp3) is 0.300. The number of amides is 2. The van der Waals surface area contributed by atoms with Gasteiger partial charge in [-0.15, -0.1) is 12.4 Å². The van der Waals surface area contributed by atoms with Crippen LogP contribution in [0, 0.1) is 0 Å². The molecule has 1 unspecified atom stereocenters. The highest BCUT2D eigenvalue weighted by Gasteiger charge is 2.27. The molecule has 0 spiro atoms. The number of nitrogens with zero attached hydrogens (tertiary/aromatic N) is 1. The van der Waals surface area contributed by atoms with Crippen LogP contribution in [0.5, 0.6) is 0 Å². The standard InChI is InChI=1S/C20H24N4O2.ClH/c1-13(24-11-5-8-17-18(21)9-4-10-19(17)24)20(26)23-16-7-3-6-15(12-16)22-14(2)25;/h3-4,6-7,9-10,12-13H,5,8,11,21H2,1-2H3,(H,22,25)(H,23,26);1H. The molecule has 1 atom stereocenters. The highest BCUT2D eigenvalue weighted by atomic mass is 35.5. The van der Waals surface area contributed by atoms with E-state index in [2.05, 4.69) is 15.5 Å². The summed E-state index contributed by atoms with van der Waals surface area (Å²) in [5, 5.41) is 5.65. The molecule has 27 heavy (non-hydrogen) atoms. The maximum atomic E-state index is 12.8. The molecule has 7 heteroatoms. The Morgan fingerprint density at radius 2 is 1.78 bits per heavy atom. The van der Waals surface area contributed by atoms with Crippen LogP contribution in [0.15, 0.2) is 42.5 Å². The molecule has 6 nitrogen and oxygen atoms in total. The van der Waals surface area contributed by atoms with Gasteiger partial charge in [0.25, 0.3) is 0 Å². The monoisotopic (exact) mass is 388 g/mol. The summed E-state index contributed by atoms with van der Waals surface area (Å²) in [5.74, 6) is -0.246. The summed E-state index contributed by atoms with van der Waals surface area (Å²) < 4.78 is 0. The highest BCUT2D eigenvalue weighted by Crippen LogP contribution is 2.32. The van der Waals surface area contributed by atoms with Crippen LogP contribution >= 0.6 is 12.4 Å². The molecule has 0 saturated carbocycles. The summed E-state index contributed by atoms with van der Waals surface area (Å²) in [6.07, 6.45) is 1.91. The molecule has 0 fully saturated rings. The molecule has 1 aliphatic heterocycles. The number of nitrogen functional groups attached to an aromatic ring is 1. The zero-order chi connectivity index (χ0) is 18.7. The zero-order valence-electron chi connectivity index (χ0n) is 15.5. The Morgan fingerprint density at radius 1 is 1.11 bits per heavy atom. The lowest BCUT2D eigenvalue weighted by molar-refractivity contribution is -0.117. The Balaban J connectivity index is 0.00000261. The molecule has 4 N–H and O–H groups in total. The molecule has 0 aromatic heterocycles. The van der Waals surface area contributed by atoms with Crippen LogP contribution in [0.25, 0.3) is 0 Å². The predicted octanol–water partition coefficient (Wildman–Crippen LogP) is 3.43. The van der Waals surface area contributed by atoms with Crippen LogP contribution in [-0.2, 0) is 16.0 Å². The Kier molecular flexibility index (Phi) is 6.69. The van der Waals surface area contributed by atoms with Crippen molar-refractivity contribution in [2.75, 3.05) is 27.8 Å². The predicted molar refractivity (Wildman–Crippen MR) is 113 cm³/mol. The van der Waals surface area contributed by atoms with Crippen molar-refractivity contribution in [3.8, 4) is 0 Å². The largest absolute Gasteiger partial charge is 0.398 e. The Bertz CT molecular complexity index is 840. The molecule has 3 rings (SSSR count). The van der Waals surface area contributed by atoms with Gasteiger partial charge in [-0.3, -0.25) is 9.59 Å².